The molecule has 0 spiro atoms. The molecule has 2 heteroatoms. The van der Waals surface area contributed by atoms with Gasteiger partial charge in [-0.05, 0) is 35.5 Å². The molecule has 0 bridgehead atoms. The van der Waals surface area contributed by atoms with Gasteiger partial charge in [0, 0.05) is 0 Å². The maximum Gasteiger partial charge on any atom is 0.118 e. The zero-order valence-electron chi connectivity index (χ0n) is 15.6. The maximum absolute atomic E-state index is 2.71. The van der Waals surface area contributed by atoms with Gasteiger partial charge in [0.25, 0.3) is 0 Å². The Morgan fingerprint density at radius 3 is 1.52 bits per heavy atom. The standard InChI is InChI=1S/C19H36B2/c1-10-11(2)15(6)21-19(12(10)3)9-18-13(4)16(7)20-17(8)14(18)5/h10-19H,9H2,1-8H3. The van der Waals surface area contributed by atoms with E-state index >= 15 is 0 Å². The lowest BCUT2D eigenvalue weighted by molar-refractivity contribution is 0.163. The second-order valence-corrected chi connectivity index (χ2v) is 8.82. The lowest BCUT2D eigenvalue weighted by Gasteiger charge is -2.48. The van der Waals surface area contributed by atoms with Crippen LogP contribution in [0.1, 0.15) is 61.8 Å². The molecule has 2 aliphatic heterocycles. The second kappa shape index (κ2) is 6.71. The summed E-state index contributed by atoms with van der Waals surface area (Å²) in [4.78, 5) is 0. The second-order valence-electron chi connectivity index (χ2n) is 8.82. The van der Waals surface area contributed by atoms with Gasteiger partial charge < -0.3 is 0 Å². The van der Waals surface area contributed by atoms with Gasteiger partial charge in [0.1, 0.15) is 14.6 Å². The molecule has 9 atom stereocenters. The van der Waals surface area contributed by atoms with Crippen molar-refractivity contribution in [2.45, 2.75) is 85.1 Å². The van der Waals surface area contributed by atoms with Gasteiger partial charge in [-0.1, -0.05) is 85.1 Å². The van der Waals surface area contributed by atoms with Gasteiger partial charge in [-0.15, -0.1) is 0 Å². The van der Waals surface area contributed by atoms with E-state index in [-0.39, 0.29) is 0 Å². The fourth-order valence-corrected chi connectivity index (χ4v) is 5.21. The first-order valence-electron chi connectivity index (χ1n) is 9.44. The van der Waals surface area contributed by atoms with Crippen LogP contribution in [0.2, 0.25) is 23.3 Å². The van der Waals surface area contributed by atoms with Crippen molar-refractivity contribution < 1.29 is 0 Å². The van der Waals surface area contributed by atoms with Crippen LogP contribution < -0.4 is 0 Å². The lowest BCUT2D eigenvalue weighted by Crippen LogP contribution is -2.40. The van der Waals surface area contributed by atoms with Gasteiger partial charge in [0.05, 0.1) is 0 Å². The lowest BCUT2D eigenvalue weighted by atomic mass is 9.37. The van der Waals surface area contributed by atoms with Crippen LogP contribution in [0.5, 0.6) is 0 Å². The first kappa shape index (κ1) is 17.5. The van der Waals surface area contributed by atoms with Gasteiger partial charge in [-0.3, -0.25) is 0 Å². The third kappa shape index (κ3) is 3.40. The molecule has 2 heterocycles. The molecule has 0 aliphatic carbocycles. The van der Waals surface area contributed by atoms with Crippen molar-refractivity contribution in [2.75, 3.05) is 0 Å². The molecular weight excluding hydrogens is 250 g/mol. The summed E-state index contributed by atoms with van der Waals surface area (Å²) in [6.45, 7) is 19.7. The fourth-order valence-electron chi connectivity index (χ4n) is 5.21. The molecule has 0 saturated carbocycles. The smallest absolute Gasteiger partial charge is 0.0694 e. The van der Waals surface area contributed by atoms with Crippen LogP contribution in [0.15, 0.2) is 0 Å². The van der Waals surface area contributed by atoms with E-state index in [9.17, 15) is 0 Å². The molecule has 0 N–H and O–H groups in total. The van der Waals surface area contributed by atoms with E-state index in [1.165, 1.54) is 6.42 Å². The Morgan fingerprint density at radius 2 is 1.00 bits per heavy atom. The molecule has 21 heavy (non-hydrogen) atoms. The van der Waals surface area contributed by atoms with Crippen LogP contribution in [0.3, 0.4) is 0 Å². The Hall–Kier alpha value is 0.130. The van der Waals surface area contributed by atoms with Crippen LogP contribution in [0.4, 0.5) is 0 Å². The molecule has 2 aliphatic rings. The molecule has 2 radical (unpaired) electrons. The van der Waals surface area contributed by atoms with E-state index in [1.807, 2.05) is 0 Å². The SMILES string of the molecule is CC1[B]C(CC2C(C)C(C)[B]C(C)C2C)C(C)C(C)C1C. The minimum absolute atomic E-state index is 0.786. The molecule has 0 nitrogen and oxygen atoms in total. The summed E-state index contributed by atoms with van der Waals surface area (Å²) in [6, 6.07) is 0. The van der Waals surface area contributed by atoms with Crippen LogP contribution in [-0.2, 0) is 0 Å². The molecule has 2 fully saturated rings. The Kier molecular flexibility index (Phi) is 5.59. The van der Waals surface area contributed by atoms with Gasteiger partial charge in [0.15, 0.2) is 0 Å². The topological polar surface area (TPSA) is 0 Å². The highest BCUT2D eigenvalue weighted by atomic mass is 14.4. The molecule has 2 saturated heterocycles. The molecule has 0 amide bonds. The Balaban J connectivity index is 2.08. The van der Waals surface area contributed by atoms with Gasteiger partial charge >= 0.3 is 0 Å². The fraction of sp³-hybridized carbons (Fsp3) is 1.00. The van der Waals surface area contributed by atoms with E-state index in [4.69, 9.17) is 0 Å². The van der Waals surface area contributed by atoms with E-state index < -0.39 is 0 Å². The van der Waals surface area contributed by atoms with E-state index in [2.05, 4.69) is 69.9 Å². The van der Waals surface area contributed by atoms with Crippen molar-refractivity contribution in [1.29, 1.82) is 0 Å². The largest absolute Gasteiger partial charge is 0.118 e. The van der Waals surface area contributed by atoms with Crippen LogP contribution in [-0.4, -0.2) is 14.6 Å². The van der Waals surface area contributed by atoms with Gasteiger partial charge in [-0.2, -0.15) is 0 Å². The zero-order valence-corrected chi connectivity index (χ0v) is 15.6. The Bertz CT molecular complexity index is 328. The number of rotatable bonds is 2. The summed E-state index contributed by atoms with van der Waals surface area (Å²) in [5.74, 6) is 8.36. The summed E-state index contributed by atoms with van der Waals surface area (Å²) in [6.07, 6.45) is 1.42. The highest BCUT2D eigenvalue weighted by Crippen LogP contribution is 2.51. The van der Waals surface area contributed by atoms with Crippen LogP contribution in [0.25, 0.3) is 0 Å². The molecule has 0 aromatic heterocycles. The Morgan fingerprint density at radius 1 is 0.524 bits per heavy atom. The van der Waals surface area contributed by atoms with E-state index in [0.29, 0.717) is 0 Å². The summed E-state index contributed by atoms with van der Waals surface area (Å²) in [5.41, 5.74) is 0. The Labute approximate surface area is 135 Å². The predicted octanol–water partition coefficient (Wildman–Crippen LogP) is 5.82. The first-order chi connectivity index (χ1) is 9.73. The summed E-state index contributed by atoms with van der Waals surface area (Å²) in [5, 5.41) is 0. The maximum atomic E-state index is 2.71. The number of hydrogen-bond donors (Lipinski definition) is 0. The summed E-state index contributed by atoms with van der Waals surface area (Å²) in [7, 11) is 5.32. The quantitative estimate of drug-likeness (QED) is 0.561. The molecular formula is C19H36B2. The third-order valence-electron chi connectivity index (χ3n) is 7.87. The van der Waals surface area contributed by atoms with Crippen molar-refractivity contribution in [1.82, 2.24) is 0 Å². The van der Waals surface area contributed by atoms with Gasteiger partial charge in [0.2, 0.25) is 0 Å². The number of hydrogen-bond acceptors (Lipinski definition) is 0. The highest BCUT2D eigenvalue weighted by molar-refractivity contribution is 6.40. The monoisotopic (exact) mass is 286 g/mol. The molecule has 0 aromatic rings. The van der Waals surface area contributed by atoms with Crippen LogP contribution in [0, 0.1) is 35.5 Å². The summed E-state index contributed by atoms with van der Waals surface area (Å²) >= 11 is 0. The van der Waals surface area contributed by atoms with Crippen molar-refractivity contribution >= 4 is 14.6 Å². The zero-order chi connectivity index (χ0) is 15.9. The van der Waals surface area contributed by atoms with E-state index in [1.54, 1.807) is 0 Å². The highest BCUT2D eigenvalue weighted by Gasteiger charge is 2.42. The van der Waals surface area contributed by atoms with Crippen molar-refractivity contribution in [2.24, 2.45) is 35.5 Å². The minimum Gasteiger partial charge on any atom is -0.0694 e. The average Bonchev–Trinajstić information content (AvgIpc) is 2.44. The van der Waals surface area contributed by atoms with Gasteiger partial charge in [-0.25, -0.2) is 0 Å². The summed E-state index contributed by atoms with van der Waals surface area (Å²) < 4.78 is 0. The van der Waals surface area contributed by atoms with Crippen molar-refractivity contribution in [3.05, 3.63) is 0 Å². The third-order valence-corrected chi connectivity index (χ3v) is 7.87. The minimum atomic E-state index is 0.786. The molecule has 0 aromatic carbocycles. The molecule has 118 valence electrons. The van der Waals surface area contributed by atoms with Crippen molar-refractivity contribution in [3.63, 3.8) is 0 Å². The first-order valence-corrected chi connectivity index (χ1v) is 9.44. The molecule has 2 rings (SSSR count). The normalized spacial score (nSPS) is 54.7. The van der Waals surface area contributed by atoms with E-state index in [0.717, 1.165) is 58.8 Å². The van der Waals surface area contributed by atoms with Crippen LogP contribution >= 0.6 is 0 Å². The van der Waals surface area contributed by atoms with Crippen molar-refractivity contribution in [3.8, 4) is 0 Å². The predicted molar refractivity (Wildman–Crippen MR) is 97.5 cm³/mol. The average molecular weight is 286 g/mol. The molecule has 9 unspecified atom stereocenters.